The average molecular weight is 348 g/mol. The molecule has 0 amide bonds. The highest BCUT2D eigenvalue weighted by atomic mass is 16.5. The van der Waals surface area contributed by atoms with Crippen LogP contribution in [0.1, 0.15) is 19.8 Å². The van der Waals surface area contributed by atoms with Crippen molar-refractivity contribution in [2.24, 2.45) is 0 Å². The molecule has 0 saturated carbocycles. The first-order valence-electron chi connectivity index (χ1n) is 8.61. The summed E-state index contributed by atoms with van der Waals surface area (Å²) in [4.78, 5) is 8.86. The minimum absolute atomic E-state index is 0.123. The summed E-state index contributed by atoms with van der Waals surface area (Å²) in [5.74, 6) is 1.17. The van der Waals surface area contributed by atoms with E-state index in [1.165, 1.54) is 0 Å². The Hall–Kier alpha value is -2.12. The van der Waals surface area contributed by atoms with Crippen molar-refractivity contribution in [3.63, 3.8) is 0 Å². The number of aromatic nitrogens is 2. The molecule has 0 aliphatic carbocycles. The molecule has 1 fully saturated rings. The molecule has 0 radical (unpaired) electrons. The topological polar surface area (TPSA) is 71.9 Å². The molecule has 1 aliphatic heterocycles. The molecule has 0 unspecified atom stereocenters. The van der Waals surface area contributed by atoms with Crippen molar-refractivity contribution in [3.05, 3.63) is 18.2 Å². The summed E-state index contributed by atoms with van der Waals surface area (Å²) in [6.45, 7) is 4.68. The minimum Gasteiger partial charge on any atom is -0.489 e. The molecule has 0 spiro atoms. The lowest BCUT2D eigenvalue weighted by molar-refractivity contribution is 0.0261. The summed E-state index contributed by atoms with van der Waals surface area (Å²) < 4.78 is 27.9. The first kappa shape index (κ1) is 17.7. The lowest BCUT2D eigenvalue weighted by Crippen LogP contribution is -2.26. The molecule has 0 N–H and O–H groups in total. The maximum atomic E-state index is 6.20. The average Bonchev–Trinajstić information content (AvgIpc) is 2.63. The molecule has 1 saturated heterocycles. The molecule has 1 aromatic heterocycles. The van der Waals surface area contributed by atoms with Crippen molar-refractivity contribution in [1.82, 2.24) is 9.97 Å². The van der Waals surface area contributed by atoms with E-state index >= 15 is 0 Å². The highest BCUT2D eigenvalue weighted by Gasteiger charge is 2.20. The van der Waals surface area contributed by atoms with E-state index in [9.17, 15) is 0 Å². The highest BCUT2D eigenvalue weighted by molar-refractivity contribution is 5.90. The second kappa shape index (κ2) is 8.82. The van der Waals surface area contributed by atoms with Gasteiger partial charge in [0.1, 0.15) is 23.8 Å². The zero-order valence-electron chi connectivity index (χ0n) is 14.7. The van der Waals surface area contributed by atoms with Gasteiger partial charge in [-0.25, -0.2) is 0 Å². The van der Waals surface area contributed by atoms with Crippen LogP contribution in [0, 0.1) is 0 Å². The molecule has 136 valence electrons. The third-order valence-electron chi connectivity index (χ3n) is 3.89. The van der Waals surface area contributed by atoms with Gasteiger partial charge in [0.25, 0.3) is 0 Å². The first-order valence-corrected chi connectivity index (χ1v) is 8.61. The Kier molecular flexibility index (Phi) is 6.25. The van der Waals surface area contributed by atoms with E-state index in [1.807, 2.05) is 25.1 Å². The van der Waals surface area contributed by atoms with Gasteiger partial charge in [0.05, 0.1) is 31.9 Å². The Bertz CT molecular complexity index is 688. The van der Waals surface area contributed by atoms with Crippen molar-refractivity contribution in [3.8, 4) is 17.6 Å². The van der Waals surface area contributed by atoms with Crippen LogP contribution in [-0.2, 0) is 9.47 Å². The van der Waals surface area contributed by atoms with Crippen LogP contribution < -0.4 is 14.2 Å². The molecule has 2 aromatic rings. The summed E-state index contributed by atoms with van der Waals surface area (Å²) >= 11 is 0. The first-order chi connectivity index (χ1) is 12.3. The lowest BCUT2D eigenvalue weighted by Gasteiger charge is -2.24. The van der Waals surface area contributed by atoms with E-state index in [0.29, 0.717) is 31.7 Å². The predicted molar refractivity (Wildman–Crippen MR) is 92.5 cm³/mol. The van der Waals surface area contributed by atoms with Crippen LogP contribution in [-0.4, -0.2) is 56.2 Å². The quantitative estimate of drug-likeness (QED) is 0.679. The van der Waals surface area contributed by atoms with Crippen molar-refractivity contribution in [1.29, 1.82) is 0 Å². The van der Waals surface area contributed by atoms with Gasteiger partial charge in [-0.05, 0) is 19.1 Å². The number of rotatable bonds is 8. The molecule has 2 heterocycles. The third-order valence-corrected chi connectivity index (χ3v) is 3.89. The fourth-order valence-electron chi connectivity index (χ4n) is 2.69. The van der Waals surface area contributed by atoms with E-state index in [2.05, 4.69) is 9.97 Å². The molecule has 25 heavy (non-hydrogen) atoms. The fourth-order valence-corrected chi connectivity index (χ4v) is 2.69. The Morgan fingerprint density at radius 2 is 1.96 bits per heavy atom. The van der Waals surface area contributed by atoms with Gasteiger partial charge in [-0.15, -0.1) is 0 Å². The summed E-state index contributed by atoms with van der Waals surface area (Å²) in [5, 5.41) is 0.758. The molecule has 7 heteroatoms. The summed E-state index contributed by atoms with van der Waals surface area (Å²) in [7, 11) is 1.63. The fraction of sp³-hybridized carbons (Fsp3) is 0.556. The monoisotopic (exact) mass is 348 g/mol. The van der Waals surface area contributed by atoms with Crippen LogP contribution >= 0.6 is 0 Å². The SMILES string of the molecule is CCOc1nc(OCCOC)c2c(OC3CCOCC3)cccc2n1. The highest BCUT2D eigenvalue weighted by Crippen LogP contribution is 2.34. The van der Waals surface area contributed by atoms with Crippen LogP contribution in [0.25, 0.3) is 10.9 Å². The van der Waals surface area contributed by atoms with Crippen LogP contribution in [0.15, 0.2) is 18.2 Å². The molecular formula is C18H24N2O5. The van der Waals surface area contributed by atoms with Gasteiger partial charge in [0, 0.05) is 20.0 Å². The van der Waals surface area contributed by atoms with E-state index in [4.69, 9.17) is 23.7 Å². The number of hydrogen-bond donors (Lipinski definition) is 0. The van der Waals surface area contributed by atoms with Gasteiger partial charge in [0.15, 0.2) is 0 Å². The second-order valence-electron chi connectivity index (χ2n) is 5.67. The molecule has 1 aromatic carbocycles. The molecule has 0 atom stereocenters. The summed E-state index contributed by atoms with van der Waals surface area (Å²) in [6.07, 6.45) is 1.86. The maximum Gasteiger partial charge on any atom is 0.320 e. The zero-order valence-corrected chi connectivity index (χ0v) is 14.7. The number of hydrogen-bond acceptors (Lipinski definition) is 7. The molecule has 1 aliphatic rings. The lowest BCUT2D eigenvalue weighted by atomic mass is 10.1. The number of methoxy groups -OCH3 is 1. The van der Waals surface area contributed by atoms with Gasteiger partial charge in [-0.1, -0.05) is 6.07 Å². The van der Waals surface area contributed by atoms with E-state index in [0.717, 1.165) is 42.7 Å². The second-order valence-corrected chi connectivity index (χ2v) is 5.67. The maximum absolute atomic E-state index is 6.20. The molecule has 7 nitrogen and oxygen atoms in total. The van der Waals surface area contributed by atoms with Crippen molar-refractivity contribution in [2.75, 3.05) is 40.1 Å². The van der Waals surface area contributed by atoms with Crippen LogP contribution in [0.3, 0.4) is 0 Å². The van der Waals surface area contributed by atoms with E-state index < -0.39 is 0 Å². The minimum atomic E-state index is 0.123. The molecular weight excluding hydrogens is 324 g/mol. The van der Waals surface area contributed by atoms with Crippen LogP contribution in [0.5, 0.6) is 17.6 Å². The standard InChI is InChI=1S/C18H24N2O5/c1-3-23-18-19-14-5-4-6-15(25-13-7-9-22-10-8-13)16(14)17(20-18)24-12-11-21-2/h4-6,13H,3,7-12H2,1-2H3. The van der Waals surface area contributed by atoms with E-state index in [1.54, 1.807) is 7.11 Å². The largest absolute Gasteiger partial charge is 0.489 e. The third kappa shape index (κ3) is 4.49. The number of nitrogens with zero attached hydrogens (tertiary/aromatic N) is 2. The predicted octanol–water partition coefficient (Wildman–Crippen LogP) is 2.61. The Labute approximate surface area is 147 Å². The zero-order chi connectivity index (χ0) is 17.5. The van der Waals surface area contributed by atoms with Gasteiger partial charge in [-0.2, -0.15) is 9.97 Å². The Balaban J connectivity index is 1.94. The van der Waals surface area contributed by atoms with Gasteiger partial charge in [-0.3, -0.25) is 0 Å². The van der Waals surface area contributed by atoms with Crippen LogP contribution in [0.4, 0.5) is 0 Å². The number of ether oxygens (including phenoxy) is 5. The van der Waals surface area contributed by atoms with Crippen molar-refractivity contribution < 1.29 is 23.7 Å². The van der Waals surface area contributed by atoms with Gasteiger partial charge < -0.3 is 23.7 Å². The van der Waals surface area contributed by atoms with Crippen LogP contribution in [0.2, 0.25) is 0 Å². The van der Waals surface area contributed by atoms with Crippen molar-refractivity contribution >= 4 is 10.9 Å². The number of fused-ring (bicyclic) bond motifs is 1. The summed E-state index contributed by atoms with van der Waals surface area (Å²) in [5.41, 5.74) is 0.732. The van der Waals surface area contributed by atoms with Crippen molar-refractivity contribution in [2.45, 2.75) is 25.9 Å². The smallest absolute Gasteiger partial charge is 0.320 e. The molecule has 3 rings (SSSR count). The van der Waals surface area contributed by atoms with Gasteiger partial charge >= 0.3 is 6.01 Å². The molecule has 0 bridgehead atoms. The Morgan fingerprint density at radius 3 is 2.72 bits per heavy atom. The normalized spacial score (nSPS) is 15.3. The van der Waals surface area contributed by atoms with Gasteiger partial charge in [0.2, 0.25) is 5.88 Å². The Morgan fingerprint density at radius 1 is 1.12 bits per heavy atom. The number of benzene rings is 1. The van der Waals surface area contributed by atoms with E-state index in [-0.39, 0.29) is 6.10 Å². The summed E-state index contributed by atoms with van der Waals surface area (Å²) in [6, 6.07) is 6.04.